The molecule has 1 heterocycles. The molecule has 1 atom stereocenters. The van der Waals surface area contributed by atoms with Gasteiger partial charge in [-0.15, -0.1) is 11.6 Å². The van der Waals surface area contributed by atoms with Gasteiger partial charge in [-0.25, -0.2) is 9.97 Å². The van der Waals surface area contributed by atoms with Crippen LogP contribution < -0.4 is 5.32 Å². The molecule has 1 rings (SSSR count). The van der Waals surface area contributed by atoms with Gasteiger partial charge >= 0.3 is 0 Å². The summed E-state index contributed by atoms with van der Waals surface area (Å²) in [6, 6.07) is 0. The number of nitrogens with zero attached hydrogens (tertiary/aromatic N) is 2. The molecule has 0 spiro atoms. The quantitative estimate of drug-likeness (QED) is 0.668. The Morgan fingerprint density at radius 3 is 3.07 bits per heavy atom. The van der Waals surface area contributed by atoms with Crippen molar-refractivity contribution in [2.75, 3.05) is 11.9 Å². The van der Waals surface area contributed by atoms with Crippen molar-refractivity contribution in [3.8, 4) is 0 Å². The summed E-state index contributed by atoms with van der Waals surface area (Å²) in [6.07, 6.45) is 5.44. The van der Waals surface area contributed by atoms with Crippen LogP contribution in [0.4, 0.5) is 5.82 Å². The topological polar surface area (TPSA) is 37.8 Å². The van der Waals surface area contributed by atoms with E-state index in [0.29, 0.717) is 0 Å². The summed E-state index contributed by atoms with van der Waals surface area (Å²) in [6.45, 7) is 2.88. The molecular weight excluding hydrogens is 312 g/mol. The van der Waals surface area contributed by atoms with E-state index in [0.717, 1.165) is 28.8 Å². The van der Waals surface area contributed by atoms with Crippen LogP contribution in [0.2, 0.25) is 0 Å². The lowest BCUT2D eigenvalue weighted by molar-refractivity contribution is 0.750. The fourth-order valence-corrected chi connectivity index (χ4v) is 1.85. The molecule has 1 aromatic heterocycles. The second kappa shape index (κ2) is 6.40. The number of aromatic nitrogens is 2. The van der Waals surface area contributed by atoms with Crippen molar-refractivity contribution in [1.29, 1.82) is 0 Å². The molecule has 0 aliphatic rings. The van der Waals surface area contributed by atoms with E-state index >= 15 is 0 Å². The lowest BCUT2D eigenvalue weighted by Crippen LogP contribution is -2.15. The summed E-state index contributed by atoms with van der Waals surface area (Å²) in [7, 11) is 0. The van der Waals surface area contributed by atoms with Gasteiger partial charge in [-0.3, -0.25) is 0 Å². The summed E-state index contributed by atoms with van der Waals surface area (Å²) in [5.74, 6) is 0.863. The van der Waals surface area contributed by atoms with Crippen molar-refractivity contribution < 1.29 is 0 Å². The Balaban J connectivity index is 2.41. The number of hydrogen-bond donors (Lipinski definition) is 1. The molecule has 1 unspecified atom stereocenters. The fraction of sp³-hybridized carbons (Fsp3) is 0.556. The first kappa shape index (κ1) is 12.0. The fourth-order valence-electron chi connectivity index (χ4n) is 1.07. The average molecular weight is 326 g/mol. The first-order chi connectivity index (χ1) is 6.74. The molecule has 0 radical (unpaired) electrons. The van der Waals surface area contributed by atoms with E-state index in [1.54, 1.807) is 6.20 Å². The van der Waals surface area contributed by atoms with Crippen molar-refractivity contribution in [2.24, 2.45) is 0 Å². The maximum atomic E-state index is 6.07. The molecule has 14 heavy (non-hydrogen) atoms. The van der Waals surface area contributed by atoms with E-state index in [9.17, 15) is 0 Å². The Morgan fingerprint density at radius 2 is 2.43 bits per heavy atom. The van der Waals surface area contributed by atoms with Crippen molar-refractivity contribution in [1.82, 2.24) is 9.97 Å². The van der Waals surface area contributed by atoms with E-state index < -0.39 is 0 Å². The third kappa shape index (κ3) is 3.96. The van der Waals surface area contributed by atoms with Gasteiger partial charge in [-0.05, 0) is 29.0 Å². The van der Waals surface area contributed by atoms with Gasteiger partial charge in [0.1, 0.15) is 12.1 Å². The number of halogens is 2. The summed E-state index contributed by atoms with van der Waals surface area (Å²) < 4.78 is 1.02. The van der Waals surface area contributed by atoms with Gasteiger partial charge in [0.25, 0.3) is 0 Å². The van der Waals surface area contributed by atoms with Gasteiger partial charge in [-0.1, -0.05) is 13.3 Å². The Bertz CT molecular complexity index is 283. The van der Waals surface area contributed by atoms with Crippen LogP contribution in [0, 0.1) is 3.57 Å². The Kier molecular flexibility index (Phi) is 5.47. The van der Waals surface area contributed by atoms with Crippen LogP contribution in [0.3, 0.4) is 0 Å². The predicted molar refractivity (Wildman–Crippen MR) is 67.8 cm³/mol. The van der Waals surface area contributed by atoms with Gasteiger partial charge < -0.3 is 5.32 Å². The highest BCUT2D eigenvalue weighted by Gasteiger charge is 2.05. The van der Waals surface area contributed by atoms with Gasteiger partial charge in [-0.2, -0.15) is 0 Å². The molecule has 0 aromatic carbocycles. The molecule has 0 aliphatic heterocycles. The lowest BCUT2D eigenvalue weighted by atomic mass is 10.2. The van der Waals surface area contributed by atoms with Crippen LogP contribution in [0.15, 0.2) is 12.5 Å². The van der Waals surface area contributed by atoms with Crippen LogP contribution >= 0.6 is 34.2 Å². The van der Waals surface area contributed by atoms with E-state index in [1.807, 2.05) is 0 Å². The smallest absolute Gasteiger partial charge is 0.142 e. The van der Waals surface area contributed by atoms with E-state index in [-0.39, 0.29) is 5.38 Å². The Hall–Kier alpha value is -0.100. The molecule has 1 aromatic rings. The van der Waals surface area contributed by atoms with Crippen LogP contribution in [-0.2, 0) is 0 Å². The minimum Gasteiger partial charge on any atom is -0.368 e. The largest absolute Gasteiger partial charge is 0.368 e. The molecule has 0 amide bonds. The van der Waals surface area contributed by atoms with Gasteiger partial charge in [0.15, 0.2) is 0 Å². The maximum Gasteiger partial charge on any atom is 0.142 e. The highest BCUT2D eigenvalue weighted by Crippen LogP contribution is 2.13. The Morgan fingerprint density at radius 1 is 1.64 bits per heavy atom. The van der Waals surface area contributed by atoms with E-state index in [4.69, 9.17) is 11.6 Å². The van der Waals surface area contributed by atoms with Crippen molar-refractivity contribution in [3.63, 3.8) is 0 Å². The third-order valence-corrected chi connectivity index (χ3v) is 2.92. The molecule has 0 aliphatic carbocycles. The summed E-state index contributed by atoms with van der Waals surface area (Å²) >= 11 is 8.27. The molecule has 0 saturated heterocycles. The Labute approximate surface area is 103 Å². The summed E-state index contributed by atoms with van der Waals surface area (Å²) in [5.41, 5.74) is 0. The number of rotatable bonds is 5. The van der Waals surface area contributed by atoms with Crippen molar-refractivity contribution >= 4 is 40.0 Å². The first-order valence-corrected chi connectivity index (χ1v) is 6.09. The normalized spacial score (nSPS) is 12.5. The van der Waals surface area contributed by atoms with Crippen LogP contribution in [0.1, 0.15) is 19.8 Å². The minimum atomic E-state index is 0.172. The zero-order valence-corrected chi connectivity index (χ0v) is 10.9. The highest BCUT2D eigenvalue weighted by atomic mass is 127. The maximum absolute atomic E-state index is 6.07. The zero-order chi connectivity index (χ0) is 10.4. The molecule has 78 valence electrons. The van der Waals surface area contributed by atoms with E-state index in [1.165, 1.54) is 6.33 Å². The lowest BCUT2D eigenvalue weighted by Gasteiger charge is -2.10. The molecule has 0 bridgehead atoms. The third-order valence-electron chi connectivity index (χ3n) is 1.76. The van der Waals surface area contributed by atoms with Gasteiger partial charge in [0.05, 0.1) is 8.95 Å². The average Bonchev–Trinajstić information content (AvgIpc) is 2.17. The summed E-state index contributed by atoms with van der Waals surface area (Å²) in [5, 5.41) is 3.38. The molecule has 0 fully saturated rings. The summed E-state index contributed by atoms with van der Waals surface area (Å²) in [4.78, 5) is 8.04. The molecule has 3 nitrogen and oxygen atoms in total. The second-order valence-corrected chi connectivity index (χ2v) is 4.77. The first-order valence-electron chi connectivity index (χ1n) is 4.57. The molecule has 5 heteroatoms. The van der Waals surface area contributed by atoms with Crippen LogP contribution in [-0.4, -0.2) is 21.9 Å². The highest BCUT2D eigenvalue weighted by molar-refractivity contribution is 14.1. The molecule has 0 saturated carbocycles. The monoisotopic (exact) mass is 325 g/mol. The van der Waals surface area contributed by atoms with Crippen LogP contribution in [0.5, 0.6) is 0 Å². The standard InChI is InChI=1S/C9H13ClIN3/c1-2-3-7(10)4-13-9-8(11)5-12-6-14-9/h5-7H,2-4H2,1H3,(H,12,13,14). The SMILES string of the molecule is CCCC(Cl)CNc1ncncc1I. The zero-order valence-electron chi connectivity index (χ0n) is 8.00. The number of alkyl halides is 1. The van der Waals surface area contributed by atoms with Crippen molar-refractivity contribution in [3.05, 3.63) is 16.1 Å². The molecule has 1 N–H and O–H groups in total. The molecular formula is C9H13ClIN3. The van der Waals surface area contributed by atoms with Crippen molar-refractivity contribution in [2.45, 2.75) is 25.1 Å². The van der Waals surface area contributed by atoms with Gasteiger partial charge in [0.2, 0.25) is 0 Å². The number of anilines is 1. The van der Waals surface area contributed by atoms with Gasteiger partial charge in [0, 0.05) is 12.7 Å². The number of nitrogens with one attached hydrogen (secondary N) is 1. The predicted octanol–water partition coefficient (Wildman–Crippen LogP) is 2.90. The number of hydrogen-bond acceptors (Lipinski definition) is 3. The second-order valence-electron chi connectivity index (χ2n) is 2.99. The van der Waals surface area contributed by atoms with E-state index in [2.05, 4.69) is 44.8 Å². The van der Waals surface area contributed by atoms with Crippen LogP contribution in [0.25, 0.3) is 0 Å². The minimum absolute atomic E-state index is 0.172.